The van der Waals surface area contributed by atoms with Crippen LogP contribution in [-0.4, -0.2) is 11.9 Å². The molecule has 0 bridgehead atoms. The summed E-state index contributed by atoms with van der Waals surface area (Å²) in [7, 11) is 0. The summed E-state index contributed by atoms with van der Waals surface area (Å²) in [5.41, 5.74) is -1.03. The highest BCUT2D eigenvalue weighted by molar-refractivity contribution is 5.99. The summed E-state index contributed by atoms with van der Waals surface area (Å²) in [6, 6.07) is 0. The second kappa shape index (κ2) is 3.20. The van der Waals surface area contributed by atoms with Gasteiger partial charge in [0.05, 0.1) is 0 Å². The van der Waals surface area contributed by atoms with Crippen LogP contribution in [0.15, 0.2) is 30.4 Å². The van der Waals surface area contributed by atoms with Crippen LogP contribution in [0.1, 0.15) is 0 Å². The Hall–Kier alpha value is -1.06. The smallest absolute Gasteiger partial charge is 0.252 e. The van der Waals surface area contributed by atoms with Gasteiger partial charge < -0.3 is 0 Å². The largest absolute Gasteiger partial charge is 0.433 e. The lowest BCUT2D eigenvalue weighted by molar-refractivity contribution is -0.0576. The minimum absolute atomic E-state index is 0.641. The van der Waals surface area contributed by atoms with E-state index < -0.39 is 11.9 Å². The monoisotopic (exact) mass is 149 g/mol. The van der Waals surface area contributed by atoms with Crippen molar-refractivity contribution in [2.75, 3.05) is 0 Å². The summed E-state index contributed by atoms with van der Waals surface area (Å²) in [5, 5.41) is 0. The van der Waals surface area contributed by atoms with Gasteiger partial charge in [-0.15, -0.1) is 0 Å². The van der Waals surface area contributed by atoms with Gasteiger partial charge in [-0.2, -0.15) is 13.2 Å². The van der Waals surface area contributed by atoms with E-state index in [0.717, 1.165) is 6.20 Å². The van der Waals surface area contributed by atoms with Gasteiger partial charge in [-0.25, -0.2) is 0 Å². The van der Waals surface area contributed by atoms with Crippen molar-refractivity contribution in [1.82, 2.24) is 0 Å². The molecule has 0 rings (SSSR count). The SMILES string of the molecule is C=C/N=C(\C=C)C(F)(F)F. The number of nitrogens with zero attached hydrogens (tertiary/aromatic N) is 1. The van der Waals surface area contributed by atoms with Crippen molar-refractivity contribution < 1.29 is 13.2 Å². The van der Waals surface area contributed by atoms with Crippen LogP contribution in [0.25, 0.3) is 0 Å². The topological polar surface area (TPSA) is 12.4 Å². The predicted octanol–water partition coefficient (Wildman–Crippen LogP) is 2.32. The van der Waals surface area contributed by atoms with E-state index in [4.69, 9.17) is 0 Å². The molecule has 0 heterocycles. The average molecular weight is 149 g/mol. The van der Waals surface area contributed by atoms with Crippen molar-refractivity contribution in [1.29, 1.82) is 0 Å². The van der Waals surface area contributed by atoms with E-state index in [1.54, 1.807) is 0 Å². The van der Waals surface area contributed by atoms with Gasteiger partial charge in [0.15, 0.2) is 0 Å². The van der Waals surface area contributed by atoms with Crippen LogP contribution in [0.3, 0.4) is 0 Å². The number of aliphatic imine (C=N–C) groups is 1. The summed E-state index contributed by atoms with van der Waals surface area (Å²) in [6.07, 6.45) is -2.96. The standard InChI is InChI=1S/C6H6F3N/c1-3-5(10-4-2)6(7,8)9/h3-4H,1-2H2/b10-5+. The zero-order valence-electron chi connectivity index (χ0n) is 5.15. The molecule has 0 aromatic carbocycles. The van der Waals surface area contributed by atoms with Crippen molar-refractivity contribution in [3.63, 3.8) is 0 Å². The van der Waals surface area contributed by atoms with E-state index in [1.807, 2.05) is 0 Å². The highest BCUT2D eigenvalue weighted by atomic mass is 19.4. The number of hydrogen-bond donors (Lipinski definition) is 0. The van der Waals surface area contributed by atoms with Gasteiger partial charge in [-0.3, -0.25) is 4.99 Å². The van der Waals surface area contributed by atoms with Crippen molar-refractivity contribution in [2.24, 2.45) is 4.99 Å². The Bertz CT molecular complexity index is 166. The van der Waals surface area contributed by atoms with Crippen molar-refractivity contribution in [3.8, 4) is 0 Å². The fraction of sp³-hybridized carbons (Fsp3) is 0.167. The van der Waals surface area contributed by atoms with Crippen LogP contribution in [0.5, 0.6) is 0 Å². The molecule has 0 atom stereocenters. The first-order valence-electron chi connectivity index (χ1n) is 2.40. The lowest BCUT2D eigenvalue weighted by atomic mass is 10.3. The molecule has 0 aromatic rings. The maximum Gasteiger partial charge on any atom is 0.433 e. The van der Waals surface area contributed by atoms with Crippen LogP contribution in [-0.2, 0) is 0 Å². The fourth-order valence-corrected chi connectivity index (χ4v) is 0.340. The number of hydrogen-bond acceptors (Lipinski definition) is 1. The molecule has 0 fully saturated rings. The Balaban J connectivity index is 4.51. The highest BCUT2D eigenvalue weighted by Gasteiger charge is 2.32. The van der Waals surface area contributed by atoms with E-state index >= 15 is 0 Å². The molecule has 0 unspecified atom stereocenters. The number of alkyl halides is 3. The molecule has 0 saturated carbocycles. The lowest BCUT2D eigenvalue weighted by Gasteiger charge is -2.02. The molecule has 4 heteroatoms. The zero-order valence-corrected chi connectivity index (χ0v) is 5.15. The second-order valence-electron chi connectivity index (χ2n) is 1.40. The van der Waals surface area contributed by atoms with Crippen molar-refractivity contribution in [3.05, 3.63) is 25.4 Å². The Labute approximate surface area is 56.6 Å². The molecule has 0 N–H and O–H groups in total. The quantitative estimate of drug-likeness (QED) is 0.534. The van der Waals surface area contributed by atoms with Crippen LogP contribution >= 0.6 is 0 Å². The maximum atomic E-state index is 11.7. The molecule has 10 heavy (non-hydrogen) atoms. The molecular weight excluding hydrogens is 143 g/mol. The van der Waals surface area contributed by atoms with Gasteiger partial charge in [-0.05, 0) is 6.08 Å². The van der Waals surface area contributed by atoms with Crippen LogP contribution < -0.4 is 0 Å². The predicted molar refractivity (Wildman–Crippen MR) is 33.9 cm³/mol. The summed E-state index contributed by atoms with van der Waals surface area (Å²) >= 11 is 0. The van der Waals surface area contributed by atoms with E-state index in [-0.39, 0.29) is 0 Å². The molecule has 0 saturated heterocycles. The zero-order chi connectivity index (χ0) is 8.20. The van der Waals surface area contributed by atoms with E-state index in [2.05, 4.69) is 18.2 Å². The molecular formula is C6H6F3N. The van der Waals surface area contributed by atoms with E-state index in [0.29, 0.717) is 6.08 Å². The van der Waals surface area contributed by atoms with Crippen molar-refractivity contribution >= 4 is 5.71 Å². The van der Waals surface area contributed by atoms with Crippen LogP contribution in [0, 0.1) is 0 Å². The summed E-state index contributed by atoms with van der Waals surface area (Å²) in [5.74, 6) is 0. The molecule has 0 spiro atoms. The average Bonchev–Trinajstić information content (AvgIpc) is 1.80. The Morgan fingerprint density at radius 1 is 1.30 bits per heavy atom. The molecule has 0 aliphatic carbocycles. The van der Waals surface area contributed by atoms with Crippen molar-refractivity contribution in [2.45, 2.75) is 6.18 Å². The number of rotatable bonds is 2. The minimum Gasteiger partial charge on any atom is -0.252 e. The first-order chi connectivity index (χ1) is 4.52. The fourth-order valence-electron chi connectivity index (χ4n) is 0.340. The van der Waals surface area contributed by atoms with Gasteiger partial charge in [0, 0.05) is 6.20 Å². The normalized spacial score (nSPS) is 12.9. The van der Waals surface area contributed by atoms with Gasteiger partial charge in [0.1, 0.15) is 5.71 Å². The Morgan fingerprint density at radius 2 is 1.80 bits per heavy atom. The molecule has 56 valence electrons. The summed E-state index contributed by atoms with van der Waals surface area (Å²) < 4.78 is 35.0. The summed E-state index contributed by atoms with van der Waals surface area (Å²) in [4.78, 5) is 2.95. The Kier molecular flexibility index (Phi) is 2.86. The van der Waals surface area contributed by atoms with Gasteiger partial charge in [0.2, 0.25) is 0 Å². The number of allylic oxidation sites excluding steroid dienone is 1. The van der Waals surface area contributed by atoms with Gasteiger partial charge >= 0.3 is 6.18 Å². The van der Waals surface area contributed by atoms with Crippen LogP contribution in [0.2, 0.25) is 0 Å². The van der Waals surface area contributed by atoms with Crippen LogP contribution in [0.4, 0.5) is 13.2 Å². The second-order valence-corrected chi connectivity index (χ2v) is 1.40. The lowest BCUT2D eigenvalue weighted by Crippen LogP contribution is -2.19. The number of halogens is 3. The minimum atomic E-state index is -4.42. The van der Waals surface area contributed by atoms with Gasteiger partial charge in [-0.1, -0.05) is 13.2 Å². The van der Waals surface area contributed by atoms with E-state index in [1.165, 1.54) is 0 Å². The molecule has 0 aromatic heterocycles. The third-order valence-electron chi connectivity index (χ3n) is 0.714. The first-order valence-corrected chi connectivity index (χ1v) is 2.40. The van der Waals surface area contributed by atoms with E-state index in [9.17, 15) is 13.2 Å². The first kappa shape index (κ1) is 8.94. The molecule has 0 aliphatic heterocycles. The maximum absolute atomic E-state index is 11.7. The Morgan fingerprint density at radius 3 is 1.90 bits per heavy atom. The molecule has 0 radical (unpaired) electrons. The van der Waals surface area contributed by atoms with Gasteiger partial charge in [0.25, 0.3) is 0 Å². The molecule has 0 aliphatic rings. The third kappa shape index (κ3) is 2.48. The molecule has 0 amide bonds. The summed E-state index contributed by atoms with van der Waals surface area (Å²) in [6.45, 7) is 5.97. The molecule has 1 nitrogen and oxygen atoms in total. The third-order valence-corrected chi connectivity index (χ3v) is 0.714. The highest BCUT2D eigenvalue weighted by Crippen LogP contribution is 2.17.